The van der Waals surface area contributed by atoms with Crippen molar-refractivity contribution < 1.29 is 23.9 Å². The summed E-state index contributed by atoms with van der Waals surface area (Å²) in [4.78, 5) is 27.7. The van der Waals surface area contributed by atoms with Gasteiger partial charge in [0.15, 0.2) is 16.3 Å². The Balaban J connectivity index is 2.15. The van der Waals surface area contributed by atoms with E-state index in [4.69, 9.17) is 14.2 Å². The van der Waals surface area contributed by atoms with Gasteiger partial charge in [-0.2, -0.15) is 4.99 Å². The third-order valence-corrected chi connectivity index (χ3v) is 5.25. The number of nitro groups is 1. The molecule has 29 heavy (non-hydrogen) atoms. The summed E-state index contributed by atoms with van der Waals surface area (Å²) in [5.41, 5.74) is 0.796. The summed E-state index contributed by atoms with van der Waals surface area (Å²) in [6.45, 7) is 0.880. The Hall–Kier alpha value is -3.24. The number of hydrogen-bond donors (Lipinski definition) is 0. The first kappa shape index (κ1) is 20.5. The summed E-state index contributed by atoms with van der Waals surface area (Å²) in [5.74, 6) is 0.558. The number of nitrogens with zero attached hydrogens (tertiary/aromatic N) is 3. The van der Waals surface area contributed by atoms with Gasteiger partial charge in [0.05, 0.1) is 36.0 Å². The molecule has 3 rings (SSSR count). The zero-order chi connectivity index (χ0) is 21.0. The molecule has 0 N–H and O–H groups in total. The van der Waals surface area contributed by atoms with E-state index >= 15 is 0 Å². The largest absolute Gasteiger partial charge is 0.493 e. The number of non-ortho nitro benzene ring substituents is 1. The number of nitro benzene ring substituents is 1. The number of thiazole rings is 1. The van der Waals surface area contributed by atoms with Gasteiger partial charge in [-0.3, -0.25) is 14.9 Å². The molecule has 0 aliphatic rings. The predicted molar refractivity (Wildman–Crippen MR) is 108 cm³/mol. The zero-order valence-corrected chi connectivity index (χ0v) is 16.9. The standard InChI is InChI=1S/C19H19N3O6S/c1-26-8-7-21-14-10-15(27-2)16(28-3)11-17(14)29-19(21)20-18(23)12-5-4-6-13(9-12)22(24)25/h4-6,9-11H,7-8H2,1-3H3. The summed E-state index contributed by atoms with van der Waals surface area (Å²) in [6, 6.07) is 9.13. The molecular formula is C19H19N3O6S. The molecule has 0 spiro atoms. The molecule has 1 aromatic heterocycles. The van der Waals surface area contributed by atoms with Gasteiger partial charge < -0.3 is 18.8 Å². The smallest absolute Gasteiger partial charge is 0.279 e. The van der Waals surface area contributed by atoms with Gasteiger partial charge in [-0.05, 0) is 6.07 Å². The highest BCUT2D eigenvalue weighted by atomic mass is 32.1. The topological polar surface area (TPSA) is 105 Å². The van der Waals surface area contributed by atoms with E-state index in [1.54, 1.807) is 21.3 Å². The maximum Gasteiger partial charge on any atom is 0.279 e. The molecule has 0 fully saturated rings. The minimum Gasteiger partial charge on any atom is -0.493 e. The lowest BCUT2D eigenvalue weighted by molar-refractivity contribution is -0.384. The molecular weight excluding hydrogens is 398 g/mol. The third kappa shape index (κ3) is 4.28. The maximum atomic E-state index is 12.7. The molecule has 0 saturated carbocycles. The fraction of sp³-hybridized carbons (Fsp3) is 0.263. The van der Waals surface area contributed by atoms with E-state index in [2.05, 4.69) is 4.99 Å². The van der Waals surface area contributed by atoms with Crippen molar-refractivity contribution in [1.82, 2.24) is 4.57 Å². The van der Waals surface area contributed by atoms with Crippen LogP contribution in [0.2, 0.25) is 0 Å². The highest BCUT2D eigenvalue weighted by molar-refractivity contribution is 7.16. The van der Waals surface area contributed by atoms with Crippen LogP contribution in [0.15, 0.2) is 41.4 Å². The summed E-state index contributed by atoms with van der Waals surface area (Å²) in [5, 5.41) is 11.0. The van der Waals surface area contributed by atoms with E-state index in [9.17, 15) is 14.9 Å². The molecule has 0 unspecified atom stereocenters. The molecule has 152 valence electrons. The Kier molecular flexibility index (Phi) is 6.25. The van der Waals surface area contributed by atoms with Crippen LogP contribution in [0.25, 0.3) is 10.2 Å². The van der Waals surface area contributed by atoms with E-state index in [0.717, 1.165) is 10.2 Å². The summed E-state index contributed by atoms with van der Waals surface area (Å²) >= 11 is 1.31. The van der Waals surface area contributed by atoms with Crippen LogP contribution in [-0.2, 0) is 11.3 Å². The fourth-order valence-electron chi connectivity index (χ4n) is 2.78. The molecule has 10 heteroatoms. The fourth-order valence-corrected chi connectivity index (χ4v) is 3.85. The number of fused-ring (bicyclic) bond motifs is 1. The van der Waals surface area contributed by atoms with Gasteiger partial charge in [0, 0.05) is 43.5 Å². The lowest BCUT2D eigenvalue weighted by Crippen LogP contribution is -2.19. The van der Waals surface area contributed by atoms with Crippen LogP contribution in [0.5, 0.6) is 11.5 Å². The third-order valence-electron chi connectivity index (χ3n) is 4.21. The molecule has 0 radical (unpaired) electrons. The zero-order valence-electron chi connectivity index (χ0n) is 16.1. The molecule has 0 saturated heterocycles. The maximum absolute atomic E-state index is 12.7. The first-order valence-electron chi connectivity index (χ1n) is 8.56. The van der Waals surface area contributed by atoms with Crippen molar-refractivity contribution in [2.75, 3.05) is 27.9 Å². The van der Waals surface area contributed by atoms with Crippen molar-refractivity contribution in [2.24, 2.45) is 4.99 Å². The van der Waals surface area contributed by atoms with Gasteiger partial charge in [0.2, 0.25) is 0 Å². The number of aromatic nitrogens is 1. The quantitative estimate of drug-likeness (QED) is 0.432. The predicted octanol–water partition coefficient (Wildman–Crippen LogP) is 3.02. The molecule has 1 heterocycles. The lowest BCUT2D eigenvalue weighted by atomic mass is 10.2. The van der Waals surface area contributed by atoms with Crippen molar-refractivity contribution in [3.8, 4) is 11.5 Å². The summed E-state index contributed by atoms with van der Waals surface area (Å²) in [6.07, 6.45) is 0. The first-order chi connectivity index (χ1) is 14.0. The Morgan fingerprint density at radius 3 is 2.55 bits per heavy atom. The SMILES string of the molecule is COCCn1c(=NC(=O)c2cccc([N+](=O)[O-])c2)sc2cc(OC)c(OC)cc21. The average molecular weight is 417 g/mol. The first-order valence-corrected chi connectivity index (χ1v) is 9.38. The Labute approximate surface area is 169 Å². The van der Waals surface area contributed by atoms with Crippen molar-refractivity contribution in [3.05, 3.63) is 56.9 Å². The number of ether oxygens (including phenoxy) is 3. The number of hydrogen-bond acceptors (Lipinski definition) is 7. The van der Waals surface area contributed by atoms with Crippen LogP contribution in [0, 0.1) is 10.1 Å². The molecule has 0 atom stereocenters. The Morgan fingerprint density at radius 1 is 1.17 bits per heavy atom. The van der Waals surface area contributed by atoms with Gasteiger partial charge >= 0.3 is 0 Å². The minimum atomic E-state index is -0.564. The molecule has 9 nitrogen and oxygen atoms in total. The number of benzene rings is 2. The highest BCUT2D eigenvalue weighted by Gasteiger charge is 2.15. The Bertz CT molecular complexity index is 1130. The van der Waals surface area contributed by atoms with Crippen LogP contribution in [0.1, 0.15) is 10.4 Å². The van der Waals surface area contributed by atoms with Gasteiger partial charge in [-0.25, -0.2) is 0 Å². The normalized spacial score (nSPS) is 11.6. The minimum absolute atomic E-state index is 0.144. The van der Waals surface area contributed by atoms with Crippen molar-refractivity contribution >= 4 is 33.1 Å². The summed E-state index contributed by atoms with van der Waals surface area (Å²) < 4.78 is 18.6. The van der Waals surface area contributed by atoms with E-state index in [1.165, 1.54) is 35.6 Å². The number of carbonyl (C=O) groups is 1. The van der Waals surface area contributed by atoms with Crippen LogP contribution in [-0.4, -0.2) is 43.3 Å². The second-order valence-electron chi connectivity index (χ2n) is 5.93. The van der Waals surface area contributed by atoms with E-state index in [0.29, 0.717) is 29.5 Å². The van der Waals surface area contributed by atoms with Crippen LogP contribution >= 0.6 is 11.3 Å². The van der Waals surface area contributed by atoms with Gasteiger partial charge in [-0.15, -0.1) is 0 Å². The monoisotopic (exact) mass is 417 g/mol. The molecule has 1 amide bonds. The number of amides is 1. The van der Waals surface area contributed by atoms with Gasteiger partial charge in [0.25, 0.3) is 11.6 Å². The van der Waals surface area contributed by atoms with E-state index in [-0.39, 0.29) is 11.3 Å². The molecule has 0 aliphatic heterocycles. The van der Waals surface area contributed by atoms with Crippen LogP contribution < -0.4 is 14.3 Å². The molecule has 3 aromatic rings. The number of methoxy groups -OCH3 is 3. The highest BCUT2D eigenvalue weighted by Crippen LogP contribution is 2.33. The van der Waals surface area contributed by atoms with Gasteiger partial charge in [-0.1, -0.05) is 17.4 Å². The van der Waals surface area contributed by atoms with Crippen molar-refractivity contribution in [2.45, 2.75) is 6.54 Å². The van der Waals surface area contributed by atoms with E-state index in [1.807, 2.05) is 16.7 Å². The second kappa shape index (κ2) is 8.84. The Morgan fingerprint density at radius 2 is 1.90 bits per heavy atom. The summed E-state index contributed by atoms with van der Waals surface area (Å²) in [7, 11) is 4.68. The molecule has 0 aliphatic carbocycles. The van der Waals surface area contributed by atoms with Crippen molar-refractivity contribution in [3.63, 3.8) is 0 Å². The second-order valence-corrected chi connectivity index (χ2v) is 6.94. The van der Waals surface area contributed by atoms with Crippen molar-refractivity contribution in [1.29, 1.82) is 0 Å². The van der Waals surface area contributed by atoms with Crippen LogP contribution in [0.3, 0.4) is 0 Å². The molecule has 0 bridgehead atoms. The van der Waals surface area contributed by atoms with Gasteiger partial charge in [0.1, 0.15) is 0 Å². The van der Waals surface area contributed by atoms with Crippen LogP contribution in [0.4, 0.5) is 5.69 Å². The number of rotatable bonds is 7. The molecule has 2 aromatic carbocycles. The number of carbonyl (C=O) groups excluding carboxylic acids is 1. The lowest BCUT2D eigenvalue weighted by Gasteiger charge is -2.09. The average Bonchev–Trinajstić information content (AvgIpc) is 3.06. The van der Waals surface area contributed by atoms with E-state index < -0.39 is 10.8 Å².